The van der Waals surface area contributed by atoms with Crippen molar-refractivity contribution in [2.24, 2.45) is 22.7 Å². The molecule has 3 aliphatic rings. The van der Waals surface area contributed by atoms with Crippen molar-refractivity contribution in [1.82, 2.24) is 30.5 Å². The topological polar surface area (TPSA) is 174 Å². The molecule has 48 heavy (non-hydrogen) atoms. The molecule has 272 valence electrons. The van der Waals surface area contributed by atoms with Gasteiger partial charge in [0.1, 0.15) is 18.1 Å². The van der Waals surface area contributed by atoms with Gasteiger partial charge < -0.3 is 26.2 Å². The van der Waals surface area contributed by atoms with Gasteiger partial charge in [0.25, 0.3) is 5.91 Å². The van der Waals surface area contributed by atoms with Crippen molar-refractivity contribution in [3.05, 3.63) is 12.7 Å². The molecule has 0 unspecified atom stereocenters. The van der Waals surface area contributed by atoms with Crippen LogP contribution < -0.4 is 21.3 Å². The summed E-state index contributed by atoms with van der Waals surface area (Å²) in [6.45, 7) is 14.8. The number of halogens is 2. The van der Waals surface area contributed by atoms with E-state index in [2.05, 4.69) is 27.8 Å². The standard InChI is InChI=1S/C32H52F2N6O7S/c1-8-13-35-28(43)25(41)21(16-23(33)34)36-27(42)24-20-12-9-11-19(20)17-40(24)29(44)26(32(5,6)7)38-30(45)37-22(31(2,3)4)18-39-14-10-15-48(39,46)47/h8,19-24,26H,1,9-18H2,2-7H3,(H,35,43)(H,36,42)(H2,37,38,45)/t19-,20-,21-,22+,24-,26+/m0/s1. The minimum atomic E-state index is -3.43. The molecule has 0 aromatic heterocycles. The van der Waals surface area contributed by atoms with Crippen LogP contribution >= 0.6 is 0 Å². The molecule has 6 atom stereocenters. The van der Waals surface area contributed by atoms with Crippen molar-refractivity contribution in [1.29, 1.82) is 0 Å². The number of nitrogens with zero attached hydrogens (tertiary/aromatic N) is 2. The van der Waals surface area contributed by atoms with Crippen LogP contribution in [-0.2, 0) is 29.2 Å². The van der Waals surface area contributed by atoms with Gasteiger partial charge in [0, 0.05) is 38.6 Å². The molecule has 13 nitrogen and oxygen atoms in total. The van der Waals surface area contributed by atoms with E-state index in [4.69, 9.17) is 0 Å². The first-order valence-corrected chi connectivity index (χ1v) is 18.1. The molecule has 2 aliphatic heterocycles. The van der Waals surface area contributed by atoms with Gasteiger partial charge in [-0.3, -0.25) is 19.2 Å². The number of amides is 5. The summed E-state index contributed by atoms with van der Waals surface area (Å²) >= 11 is 0. The van der Waals surface area contributed by atoms with Gasteiger partial charge >= 0.3 is 6.03 Å². The number of nitrogens with one attached hydrogen (secondary N) is 4. The average molecular weight is 703 g/mol. The molecule has 0 aromatic carbocycles. The van der Waals surface area contributed by atoms with E-state index < -0.39 is 87.4 Å². The Morgan fingerprint density at radius 3 is 2.17 bits per heavy atom. The van der Waals surface area contributed by atoms with Crippen molar-refractivity contribution in [2.45, 2.75) is 104 Å². The van der Waals surface area contributed by atoms with E-state index in [-0.39, 0.29) is 37.2 Å². The van der Waals surface area contributed by atoms with Gasteiger partial charge in [-0.2, -0.15) is 4.31 Å². The summed E-state index contributed by atoms with van der Waals surface area (Å²) in [5, 5.41) is 10.2. The zero-order valence-corrected chi connectivity index (χ0v) is 29.6. The molecule has 16 heteroatoms. The molecule has 4 N–H and O–H groups in total. The summed E-state index contributed by atoms with van der Waals surface area (Å²) in [6, 6.07) is -5.33. The number of ketones is 1. The quantitative estimate of drug-likeness (QED) is 0.167. The van der Waals surface area contributed by atoms with Gasteiger partial charge in [0.05, 0.1) is 5.75 Å². The summed E-state index contributed by atoms with van der Waals surface area (Å²) in [5.41, 5.74) is -1.39. The Hall–Kier alpha value is -3.14. The highest BCUT2D eigenvalue weighted by atomic mass is 32.2. The van der Waals surface area contributed by atoms with Crippen LogP contribution in [0.1, 0.15) is 73.6 Å². The second kappa shape index (κ2) is 15.6. The maximum Gasteiger partial charge on any atom is 0.315 e. The van der Waals surface area contributed by atoms with Gasteiger partial charge in [-0.05, 0) is 41.9 Å². The fourth-order valence-corrected chi connectivity index (χ4v) is 8.26. The number of alkyl halides is 2. The third-order valence-corrected chi connectivity index (χ3v) is 11.4. The first kappa shape index (κ1) is 39.3. The Morgan fingerprint density at radius 2 is 1.62 bits per heavy atom. The van der Waals surface area contributed by atoms with E-state index in [1.54, 1.807) is 20.8 Å². The molecular formula is C32H52F2N6O7S. The van der Waals surface area contributed by atoms with Crippen LogP contribution in [-0.4, -0.2) is 110 Å². The Balaban J connectivity index is 1.84. The normalized spacial score (nSPS) is 24.4. The molecule has 0 bridgehead atoms. The smallest absolute Gasteiger partial charge is 0.315 e. The van der Waals surface area contributed by atoms with E-state index in [1.165, 1.54) is 15.3 Å². The van der Waals surface area contributed by atoms with E-state index in [9.17, 15) is 41.2 Å². The minimum Gasteiger partial charge on any atom is -0.346 e. The minimum absolute atomic E-state index is 0.0444. The molecule has 1 aliphatic carbocycles. The highest BCUT2D eigenvalue weighted by molar-refractivity contribution is 7.89. The number of sulfonamides is 1. The lowest BCUT2D eigenvalue weighted by molar-refractivity contribution is -0.145. The highest BCUT2D eigenvalue weighted by Crippen LogP contribution is 2.43. The van der Waals surface area contributed by atoms with Gasteiger partial charge in [-0.25, -0.2) is 22.0 Å². The molecule has 3 fully saturated rings. The first-order chi connectivity index (χ1) is 22.2. The summed E-state index contributed by atoms with van der Waals surface area (Å²) in [4.78, 5) is 68.0. The predicted octanol–water partition coefficient (Wildman–Crippen LogP) is 1.79. The SMILES string of the molecule is C=CCNC(=O)C(=O)[C@H](CC(F)F)NC(=O)[C@@H]1[C@H]2CCC[C@H]2CN1C(=O)[C@@H](NC(=O)N[C@H](CN1CCCS1(=O)=O)C(C)(C)C)C(C)(C)C. The van der Waals surface area contributed by atoms with E-state index >= 15 is 0 Å². The van der Waals surface area contributed by atoms with Crippen molar-refractivity contribution in [2.75, 3.05) is 31.9 Å². The molecule has 5 amide bonds. The summed E-state index contributed by atoms with van der Waals surface area (Å²) in [5.74, 6) is -4.04. The van der Waals surface area contributed by atoms with Crippen molar-refractivity contribution in [3.8, 4) is 0 Å². The van der Waals surface area contributed by atoms with Crippen LogP contribution in [0.4, 0.5) is 13.6 Å². The van der Waals surface area contributed by atoms with E-state index in [0.29, 0.717) is 19.4 Å². The summed E-state index contributed by atoms with van der Waals surface area (Å²) < 4.78 is 53.3. The Labute approximate surface area is 282 Å². The number of hydrogen-bond donors (Lipinski definition) is 4. The molecule has 2 saturated heterocycles. The first-order valence-electron chi connectivity index (χ1n) is 16.5. The molecule has 0 spiro atoms. The lowest BCUT2D eigenvalue weighted by Crippen LogP contribution is -2.62. The fourth-order valence-electron chi connectivity index (χ4n) is 6.73. The number of Topliss-reactive ketones (excluding diaryl/α,β-unsaturated/α-hetero) is 1. The molecule has 0 radical (unpaired) electrons. The number of rotatable bonds is 13. The maximum absolute atomic E-state index is 14.3. The number of fused-ring (bicyclic) bond motifs is 1. The van der Waals surface area contributed by atoms with E-state index in [0.717, 1.165) is 12.8 Å². The van der Waals surface area contributed by atoms with Crippen molar-refractivity contribution >= 4 is 39.6 Å². The monoisotopic (exact) mass is 702 g/mol. The Kier molecular flexibility index (Phi) is 12.8. The highest BCUT2D eigenvalue weighted by Gasteiger charge is 2.52. The van der Waals surface area contributed by atoms with Gasteiger partial charge in [0.2, 0.25) is 34.0 Å². The number of urea groups is 1. The number of carbonyl (C=O) groups is 5. The third kappa shape index (κ3) is 9.73. The molecule has 1 saturated carbocycles. The lowest BCUT2D eigenvalue weighted by Gasteiger charge is -2.38. The third-order valence-electron chi connectivity index (χ3n) is 9.45. The summed E-state index contributed by atoms with van der Waals surface area (Å²) in [7, 11) is -3.43. The van der Waals surface area contributed by atoms with Crippen LogP contribution in [0.15, 0.2) is 12.7 Å². The van der Waals surface area contributed by atoms with Gasteiger partial charge in [0.15, 0.2) is 0 Å². The molecule has 2 heterocycles. The Bertz CT molecular complexity index is 1350. The van der Waals surface area contributed by atoms with Gasteiger partial charge in [-0.1, -0.05) is 54.0 Å². The predicted molar refractivity (Wildman–Crippen MR) is 175 cm³/mol. The molecule has 3 rings (SSSR count). The van der Waals surface area contributed by atoms with Crippen LogP contribution in [0.25, 0.3) is 0 Å². The second-order valence-electron chi connectivity index (χ2n) is 15.2. The molecule has 0 aromatic rings. The Morgan fingerprint density at radius 1 is 0.958 bits per heavy atom. The van der Waals surface area contributed by atoms with Crippen LogP contribution in [0.3, 0.4) is 0 Å². The van der Waals surface area contributed by atoms with Crippen molar-refractivity contribution < 1.29 is 41.2 Å². The largest absolute Gasteiger partial charge is 0.346 e. The number of hydrogen-bond acceptors (Lipinski definition) is 7. The fraction of sp³-hybridized carbons (Fsp3) is 0.781. The van der Waals surface area contributed by atoms with Gasteiger partial charge in [-0.15, -0.1) is 6.58 Å². The lowest BCUT2D eigenvalue weighted by atomic mass is 9.85. The summed E-state index contributed by atoms with van der Waals surface area (Å²) in [6.07, 6.45) is -0.131. The zero-order valence-electron chi connectivity index (χ0n) is 28.8. The van der Waals surface area contributed by atoms with E-state index in [1.807, 2.05) is 20.8 Å². The van der Waals surface area contributed by atoms with Crippen LogP contribution in [0, 0.1) is 22.7 Å². The zero-order chi connectivity index (χ0) is 36.2. The van der Waals surface area contributed by atoms with Crippen LogP contribution in [0.5, 0.6) is 0 Å². The number of carbonyl (C=O) groups excluding carboxylic acids is 5. The van der Waals surface area contributed by atoms with Crippen molar-refractivity contribution in [3.63, 3.8) is 0 Å². The number of likely N-dealkylation sites (tertiary alicyclic amines) is 1. The molecular weight excluding hydrogens is 650 g/mol. The van der Waals surface area contributed by atoms with Crippen LogP contribution in [0.2, 0.25) is 0 Å². The second-order valence-corrected chi connectivity index (χ2v) is 17.3. The average Bonchev–Trinajstić information content (AvgIpc) is 3.65. The maximum atomic E-state index is 14.3.